The van der Waals surface area contributed by atoms with E-state index in [0.717, 1.165) is 12.1 Å². The molecule has 0 saturated carbocycles. The van der Waals surface area contributed by atoms with Gasteiger partial charge in [-0.05, 0) is 0 Å². The van der Waals surface area contributed by atoms with Gasteiger partial charge in [0.1, 0.15) is 0 Å². The molecule has 0 radical (unpaired) electrons. The fourth-order valence-electron chi connectivity index (χ4n) is 0.979. The van der Waals surface area contributed by atoms with Crippen LogP contribution in [-0.2, 0) is 10.5 Å². The molecule has 0 aliphatic heterocycles. The molecule has 0 amide bonds. The number of rotatable bonds is 2. The van der Waals surface area contributed by atoms with Crippen LogP contribution in [0.5, 0.6) is 0 Å². The molecule has 1 atom stereocenters. The summed E-state index contributed by atoms with van der Waals surface area (Å²) in [6, 6.07) is 5.74. The summed E-state index contributed by atoms with van der Waals surface area (Å²) < 4.78 is 49.8. The summed E-state index contributed by atoms with van der Waals surface area (Å²) in [5.41, 5.74) is -4.61. The highest BCUT2D eigenvalue weighted by Gasteiger charge is 2.57. The van der Waals surface area contributed by atoms with Crippen LogP contribution in [0.3, 0.4) is 0 Å². The van der Waals surface area contributed by atoms with Gasteiger partial charge in [0.2, 0.25) is 0 Å². The van der Waals surface area contributed by atoms with E-state index in [1.807, 2.05) is 0 Å². The van der Waals surface area contributed by atoms with Crippen LogP contribution in [0.1, 0.15) is 5.56 Å². The quantitative estimate of drug-likeness (QED) is 0.537. The summed E-state index contributed by atoms with van der Waals surface area (Å²) in [6.07, 6.45) is -5.96. The number of hydrogen-bond acceptors (Lipinski definition) is 1. The molecule has 0 heterocycles. The Morgan fingerprint density at radius 3 is 1.86 bits per heavy atom. The summed E-state index contributed by atoms with van der Waals surface area (Å²) in [7, 11) is 0. The molecule has 0 aliphatic carbocycles. The van der Waals surface area contributed by atoms with E-state index in [4.69, 9.17) is 0 Å². The minimum atomic E-state index is -5.23. The number of aldehydes is 1. The lowest BCUT2D eigenvalue weighted by Crippen LogP contribution is -2.39. The molecule has 76 valence electrons. The molecule has 0 aromatic heterocycles. The van der Waals surface area contributed by atoms with Gasteiger partial charge in [-0.3, -0.25) is 4.79 Å². The van der Waals surface area contributed by atoms with Gasteiger partial charge in [-0.1, -0.05) is 30.3 Å². The van der Waals surface area contributed by atoms with Crippen LogP contribution in [-0.4, -0.2) is 12.5 Å². The van der Waals surface area contributed by atoms with Crippen molar-refractivity contribution in [3.63, 3.8) is 0 Å². The standard InChI is InChI=1S/C9H6F4O/c10-8(6-14,9(11,12)13)7-4-2-1-3-5-7/h1-6H/t8-/m1/s1. The lowest BCUT2D eigenvalue weighted by Gasteiger charge is -2.22. The van der Waals surface area contributed by atoms with Gasteiger partial charge >= 0.3 is 6.18 Å². The van der Waals surface area contributed by atoms with Gasteiger partial charge in [0.25, 0.3) is 5.67 Å². The van der Waals surface area contributed by atoms with Crippen LogP contribution >= 0.6 is 0 Å². The first-order chi connectivity index (χ1) is 6.42. The minimum absolute atomic E-state index is 0.706. The van der Waals surface area contributed by atoms with Gasteiger partial charge in [-0.15, -0.1) is 0 Å². The van der Waals surface area contributed by atoms with Gasteiger partial charge in [-0.2, -0.15) is 13.2 Å². The second-order valence-electron chi connectivity index (χ2n) is 2.69. The molecule has 0 spiro atoms. The maximum Gasteiger partial charge on any atom is 0.433 e. The zero-order valence-electron chi connectivity index (χ0n) is 6.88. The van der Waals surface area contributed by atoms with Crippen LogP contribution in [0.4, 0.5) is 17.6 Å². The zero-order chi connectivity index (χ0) is 10.8. The largest absolute Gasteiger partial charge is 0.433 e. The number of benzene rings is 1. The lowest BCUT2D eigenvalue weighted by molar-refractivity contribution is -0.223. The van der Waals surface area contributed by atoms with Crippen LogP contribution in [0.15, 0.2) is 30.3 Å². The monoisotopic (exact) mass is 206 g/mol. The molecule has 0 bridgehead atoms. The Morgan fingerprint density at radius 2 is 1.50 bits per heavy atom. The molecule has 0 aliphatic rings. The third-order valence-electron chi connectivity index (χ3n) is 1.77. The molecule has 0 N–H and O–H groups in total. The highest BCUT2D eigenvalue weighted by Crippen LogP contribution is 2.40. The Bertz CT molecular complexity index is 319. The Balaban J connectivity index is 3.22. The van der Waals surface area contributed by atoms with Crippen molar-refractivity contribution in [3.8, 4) is 0 Å². The molecule has 1 aromatic rings. The average molecular weight is 206 g/mol. The third-order valence-corrected chi connectivity index (χ3v) is 1.77. The third kappa shape index (κ3) is 1.62. The molecule has 0 unspecified atom stereocenters. The highest BCUT2D eigenvalue weighted by atomic mass is 19.4. The van der Waals surface area contributed by atoms with Crippen molar-refractivity contribution in [1.29, 1.82) is 0 Å². The molecule has 1 rings (SSSR count). The predicted octanol–water partition coefficient (Wildman–Crippen LogP) is 2.61. The van der Waals surface area contributed by atoms with Crippen LogP contribution in [0, 0.1) is 0 Å². The molecular formula is C9H6F4O. The van der Waals surface area contributed by atoms with Gasteiger partial charge in [0, 0.05) is 5.56 Å². The van der Waals surface area contributed by atoms with Crippen molar-refractivity contribution < 1.29 is 22.4 Å². The number of hydrogen-bond donors (Lipinski definition) is 0. The average Bonchev–Trinajstić information content (AvgIpc) is 2.16. The first-order valence-corrected chi connectivity index (χ1v) is 3.69. The van der Waals surface area contributed by atoms with E-state index < -0.39 is 23.7 Å². The zero-order valence-corrected chi connectivity index (χ0v) is 6.88. The van der Waals surface area contributed by atoms with E-state index in [1.54, 1.807) is 0 Å². The van der Waals surface area contributed by atoms with Crippen molar-refractivity contribution in [3.05, 3.63) is 35.9 Å². The fourth-order valence-corrected chi connectivity index (χ4v) is 0.979. The minimum Gasteiger partial charge on any atom is -0.299 e. The van der Waals surface area contributed by atoms with E-state index in [-0.39, 0.29) is 0 Å². The maximum atomic E-state index is 13.3. The van der Waals surface area contributed by atoms with Crippen molar-refractivity contribution in [1.82, 2.24) is 0 Å². The Hall–Kier alpha value is -1.39. The molecular weight excluding hydrogens is 200 g/mol. The van der Waals surface area contributed by atoms with E-state index >= 15 is 0 Å². The van der Waals surface area contributed by atoms with Crippen molar-refractivity contribution in [2.75, 3.05) is 0 Å². The number of carbonyl (C=O) groups is 1. The molecule has 1 nitrogen and oxygen atoms in total. The van der Waals surface area contributed by atoms with Crippen LogP contribution < -0.4 is 0 Å². The predicted molar refractivity (Wildman–Crippen MR) is 41.3 cm³/mol. The number of halogens is 4. The molecule has 0 saturated heterocycles. The van der Waals surface area contributed by atoms with E-state index in [2.05, 4.69) is 0 Å². The van der Waals surface area contributed by atoms with Gasteiger partial charge in [-0.25, -0.2) is 4.39 Å². The first kappa shape index (κ1) is 10.7. The normalized spacial score (nSPS) is 16.0. The lowest BCUT2D eigenvalue weighted by atomic mass is 9.97. The summed E-state index contributed by atoms with van der Waals surface area (Å²) in [6.45, 7) is 0. The SMILES string of the molecule is O=C[C@@](F)(c1ccccc1)C(F)(F)F. The molecule has 1 aromatic carbocycles. The topological polar surface area (TPSA) is 17.1 Å². The van der Waals surface area contributed by atoms with Gasteiger partial charge in [0.15, 0.2) is 6.29 Å². The summed E-state index contributed by atoms with van der Waals surface area (Å²) in [4.78, 5) is 10.2. The molecule has 0 fully saturated rings. The summed E-state index contributed by atoms with van der Waals surface area (Å²) >= 11 is 0. The Labute approximate surface area is 77.3 Å². The first-order valence-electron chi connectivity index (χ1n) is 3.69. The van der Waals surface area contributed by atoms with E-state index in [1.165, 1.54) is 18.2 Å². The second-order valence-corrected chi connectivity index (χ2v) is 2.69. The van der Waals surface area contributed by atoms with Gasteiger partial charge in [0.05, 0.1) is 0 Å². The molecule has 14 heavy (non-hydrogen) atoms. The number of carbonyl (C=O) groups excluding carboxylic acids is 1. The van der Waals surface area contributed by atoms with E-state index in [0.29, 0.717) is 0 Å². The van der Waals surface area contributed by atoms with Gasteiger partial charge < -0.3 is 0 Å². The highest BCUT2D eigenvalue weighted by molar-refractivity contribution is 5.67. The van der Waals surface area contributed by atoms with Crippen LogP contribution in [0.2, 0.25) is 0 Å². The van der Waals surface area contributed by atoms with Crippen molar-refractivity contribution in [2.24, 2.45) is 0 Å². The summed E-state index contributed by atoms with van der Waals surface area (Å²) in [5, 5.41) is 0. The Kier molecular flexibility index (Phi) is 2.59. The Morgan fingerprint density at radius 1 is 1.00 bits per heavy atom. The summed E-state index contributed by atoms with van der Waals surface area (Å²) in [5.74, 6) is 0. The second kappa shape index (κ2) is 3.40. The van der Waals surface area contributed by atoms with Crippen LogP contribution in [0.25, 0.3) is 0 Å². The van der Waals surface area contributed by atoms with Crippen molar-refractivity contribution >= 4 is 6.29 Å². The van der Waals surface area contributed by atoms with Crippen molar-refractivity contribution in [2.45, 2.75) is 11.8 Å². The fraction of sp³-hybridized carbons (Fsp3) is 0.222. The maximum absolute atomic E-state index is 13.3. The number of alkyl halides is 4. The van der Waals surface area contributed by atoms with E-state index in [9.17, 15) is 22.4 Å². The molecule has 5 heteroatoms. The smallest absolute Gasteiger partial charge is 0.299 e.